The Morgan fingerprint density at radius 2 is 2.11 bits per heavy atom. The largest absolute Gasteiger partial charge is 0.390 e. The van der Waals surface area contributed by atoms with E-state index in [1.807, 2.05) is 12.5 Å². The zero-order valence-corrected chi connectivity index (χ0v) is 13.0. The molecule has 1 fully saturated rings. The molecule has 0 spiro atoms. The number of hydrogen-bond donors (Lipinski definition) is 1. The van der Waals surface area contributed by atoms with Crippen LogP contribution < -0.4 is 0 Å². The predicted molar refractivity (Wildman–Crippen MR) is 81.1 cm³/mol. The molecular weight excluding hydrogens is 282 g/mol. The number of carbonyl (C=O) groups excluding carboxylic acids is 2. The molecule has 0 bridgehead atoms. The number of likely N-dealkylation sites (tertiary alicyclic amines) is 1. The smallest absolute Gasteiger partial charge is 0.234 e. The number of amides is 2. The van der Waals surface area contributed by atoms with Gasteiger partial charge in [-0.3, -0.25) is 14.5 Å². The lowest BCUT2D eigenvalue weighted by atomic mass is 9.91. The second kappa shape index (κ2) is 7.97. The van der Waals surface area contributed by atoms with Crippen LogP contribution in [0.4, 0.5) is 0 Å². The quantitative estimate of drug-likeness (QED) is 0.441. The van der Waals surface area contributed by atoms with E-state index in [4.69, 9.17) is 0 Å². The fraction of sp³-hybridized carbons (Fsp3) is 0.692. The Hall–Kier alpha value is -0.460. The number of nitrogens with zero attached hydrogens (tertiary/aromatic N) is 1. The highest BCUT2D eigenvalue weighted by Gasteiger charge is 2.40. The first kappa shape index (κ1) is 16.6. The monoisotopic (exact) mass is 303 g/mol. The van der Waals surface area contributed by atoms with Crippen molar-refractivity contribution in [3.05, 3.63) is 12.7 Å². The number of piperidine rings is 1. The van der Waals surface area contributed by atoms with Crippen LogP contribution >= 0.6 is 23.5 Å². The number of imide groups is 1. The summed E-state index contributed by atoms with van der Waals surface area (Å²) in [4.78, 5) is 25.4. The van der Waals surface area contributed by atoms with E-state index >= 15 is 0 Å². The summed E-state index contributed by atoms with van der Waals surface area (Å²) in [5.74, 6) is -0.841. The van der Waals surface area contributed by atoms with E-state index in [-0.39, 0.29) is 16.4 Å². The van der Waals surface area contributed by atoms with Gasteiger partial charge in [0.15, 0.2) is 0 Å². The second-order valence-corrected chi connectivity index (χ2v) is 6.69. The molecule has 4 nitrogen and oxygen atoms in total. The molecule has 19 heavy (non-hydrogen) atoms. The van der Waals surface area contributed by atoms with Gasteiger partial charge in [0, 0.05) is 13.0 Å². The molecule has 1 saturated heterocycles. The van der Waals surface area contributed by atoms with E-state index in [2.05, 4.69) is 6.58 Å². The summed E-state index contributed by atoms with van der Waals surface area (Å²) >= 11 is 3.07. The molecule has 1 heterocycles. The molecule has 108 valence electrons. The van der Waals surface area contributed by atoms with Crippen LogP contribution in [-0.4, -0.2) is 51.6 Å². The van der Waals surface area contributed by atoms with Crippen molar-refractivity contribution in [2.75, 3.05) is 19.1 Å². The number of carbonyl (C=O) groups is 2. The predicted octanol–water partition coefficient (Wildman–Crippen LogP) is 1.74. The van der Waals surface area contributed by atoms with Gasteiger partial charge in [-0.1, -0.05) is 6.08 Å². The van der Waals surface area contributed by atoms with Crippen molar-refractivity contribution < 1.29 is 14.7 Å². The maximum atomic E-state index is 12.3. The Morgan fingerprint density at radius 1 is 1.47 bits per heavy atom. The van der Waals surface area contributed by atoms with E-state index in [1.165, 1.54) is 28.4 Å². The topological polar surface area (TPSA) is 57.6 Å². The lowest BCUT2D eigenvalue weighted by molar-refractivity contribution is -0.154. The molecule has 1 aliphatic heterocycles. The van der Waals surface area contributed by atoms with Gasteiger partial charge in [-0.25, -0.2) is 0 Å². The van der Waals surface area contributed by atoms with Crippen molar-refractivity contribution in [1.29, 1.82) is 0 Å². The molecule has 0 aromatic rings. The van der Waals surface area contributed by atoms with Crippen molar-refractivity contribution in [1.82, 2.24) is 4.90 Å². The van der Waals surface area contributed by atoms with Crippen molar-refractivity contribution in [2.24, 2.45) is 5.92 Å². The fourth-order valence-electron chi connectivity index (χ4n) is 2.20. The first-order valence-electron chi connectivity index (χ1n) is 6.25. The minimum Gasteiger partial charge on any atom is -0.390 e. The van der Waals surface area contributed by atoms with E-state index in [0.717, 1.165) is 0 Å². The van der Waals surface area contributed by atoms with Gasteiger partial charge in [0.05, 0.1) is 16.6 Å². The molecule has 0 radical (unpaired) electrons. The molecule has 1 aliphatic rings. The van der Waals surface area contributed by atoms with Gasteiger partial charge in [-0.2, -0.15) is 0 Å². The molecule has 2 atom stereocenters. The number of hydrogen-bond acceptors (Lipinski definition) is 5. The molecule has 2 amide bonds. The van der Waals surface area contributed by atoms with Crippen molar-refractivity contribution in [3.63, 3.8) is 0 Å². The number of aliphatic hydroxyl groups excluding tert-OH is 1. The second-order valence-electron chi connectivity index (χ2n) is 4.44. The van der Waals surface area contributed by atoms with Gasteiger partial charge in [0.2, 0.25) is 11.8 Å². The van der Waals surface area contributed by atoms with Gasteiger partial charge in [0.25, 0.3) is 0 Å². The van der Waals surface area contributed by atoms with Gasteiger partial charge in [0.1, 0.15) is 0 Å². The van der Waals surface area contributed by atoms with Crippen molar-refractivity contribution in [3.8, 4) is 0 Å². The number of thioether (sulfide) groups is 2. The van der Waals surface area contributed by atoms with Crippen molar-refractivity contribution in [2.45, 2.75) is 29.9 Å². The molecule has 2 unspecified atom stereocenters. The summed E-state index contributed by atoms with van der Waals surface area (Å²) in [5, 5.41) is 10.3. The van der Waals surface area contributed by atoms with E-state index in [1.54, 1.807) is 6.08 Å². The summed E-state index contributed by atoms with van der Waals surface area (Å²) in [6, 6.07) is 0. The van der Waals surface area contributed by atoms with E-state index in [0.29, 0.717) is 25.8 Å². The SMILES string of the molecule is C=CCCN1C(=O)CCC(C(O)C(SC)SC)C1=O. The van der Waals surface area contributed by atoms with Crippen LogP contribution in [-0.2, 0) is 9.59 Å². The average Bonchev–Trinajstić information content (AvgIpc) is 2.40. The Balaban J connectivity index is 2.77. The fourth-order valence-corrected chi connectivity index (χ4v) is 3.90. The lowest BCUT2D eigenvalue weighted by Gasteiger charge is -2.34. The Kier molecular flexibility index (Phi) is 6.96. The minimum absolute atomic E-state index is 0.0385. The van der Waals surface area contributed by atoms with Crippen LogP contribution in [0.5, 0.6) is 0 Å². The summed E-state index contributed by atoms with van der Waals surface area (Å²) < 4.78 is -0.0385. The molecule has 1 N–H and O–H groups in total. The maximum absolute atomic E-state index is 12.3. The summed E-state index contributed by atoms with van der Waals surface area (Å²) in [5.41, 5.74) is 0. The van der Waals surface area contributed by atoms with E-state index in [9.17, 15) is 14.7 Å². The van der Waals surface area contributed by atoms with Crippen molar-refractivity contribution >= 4 is 35.3 Å². The zero-order chi connectivity index (χ0) is 14.4. The molecule has 0 aliphatic carbocycles. The normalized spacial score (nSPS) is 21.9. The van der Waals surface area contributed by atoms with Crippen LogP contribution in [0, 0.1) is 5.92 Å². The maximum Gasteiger partial charge on any atom is 0.234 e. The Labute approximate surface area is 123 Å². The average molecular weight is 303 g/mol. The number of rotatable bonds is 7. The Morgan fingerprint density at radius 3 is 2.63 bits per heavy atom. The highest BCUT2D eigenvalue weighted by Crippen LogP contribution is 2.32. The zero-order valence-electron chi connectivity index (χ0n) is 11.4. The van der Waals surface area contributed by atoms with Crippen LogP contribution in [0.25, 0.3) is 0 Å². The van der Waals surface area contributed by atoms with Gasteiger partial charge in [-0.05, 0) is 25.4 Å². The minimum atomic E-state index is -0.711. The third-order valence-electron chi connectivity index (χ3n) is 3.27. The third kappa shape index (κ3) is 4.00. The summed E-state index contributed by atoms with van der Waals surface area (Å²) in [7, 11) is 0. The Bertz CT molecular complexity index is 345. The molecule has 1 rings (SSSR count). The highest BCUT2D eigenvalue weighted by atomic mass is 32.2. The van der Waals surface area contributed by atoms with Crippen LogP contribution in [0.1, 0.15) is 19.3 Å². The molecular formula is C13H21NO3S2. The van der Waals surface area contributed by atoms with Gasteiger partial charge in [-0.15, -0.1) is 30.1 Å². The first-order chi connectivity index (χ1) is 9.06. The van der Waals surface area contributed by atoms with Crippen LogP contribution in [0.3, 0.4) is 0 Å². The number of aliphatic hydroxyl groups is 1. The van der Waals surface area contributed by atoms with E-state index < -0.39 is 12.0 Å². The van der Waals surface area contributed by atoms with Gasteiger partial charge >= 0.3 is 0 Å². The molecule has 6 heteroatoms. The molecule has 0 aromatic heterocycles. The van der Waals surface area contributed by atoms with Crippen LogP contribution in [0.15, 0.2) is 12.7 Å². The lowest BCUT2D eigenvalue weighted by Crippen LogP contribution is -2.50. The molecule has 0 aromatic carbocycles. The highest BCUT2D eigenvalue weighted by molar-refractivity contribution is 8.16. The van der Waals surface area contributed by atoms with Gasteiger partial charge < -0.3 is 5.11 Å². The standard InChI is InChI=1S/C13H21NO3S2/c1-4-5-8-14-10(15)7-6-9(12(14)17)11(16)13(18-2)19-3/h4,9,11,13,16H,1,5-8H2,2-3H3. The third-order valence-corrected chi connectivity index (χ3v) is 5.91. The van der Waals surface area contributed by atoms with Crippen LogP contribution in [0.2, 0.25) is 0 Å². The molecule has 0 saturated carbocycles. The summed E-state index contributed by atoms with van der Waals surface area (Å²) in [6.07, 6.45) is 6.18. The summed E-state index contributed by atoms with van der Waals surface area (Å²) in [6.45, 7) is 3.97. The first-order valence-corrected chi connectivity index (χ1v) is 8.83.